The second-order valence-corrected chi connectivity index (χ2v) is 1.52. The maximum atomic E-state index is 12.4. The Morgan fingerprint density at radius 3 is 3.00 bits per heavy atom. The van der Waals surface area contributed by atoms with Gasteiger partial charge in [0.05, 0.1) is 6.20 Å². The summed E-state index contributed by atoms with van der Waals surface area (Å²) >= 11 is 0. The van der Waals surface area contributed by atoms with Crippen LogP contribution in [0.5, 0.6) is 0 Å². The van der Waals surface area contributed by atoms with Crippen molar-refractivity contribution in [3.63, 3.8) is 0 Å². The summed E-state index contributed by atoms with van der Waals surface area (Å²) in [6.45, 7) is 0. The summed E-state index contributed by atoms with van der Waals surface area (Å²) < 4.78 is 12.4. The molecule has 3 heteroatoms. The number of aromatic nitrogens is 1. The third-order valence-electron chi connectivity index (χ3n) is 0.944. The third-order valence-corrected chi connectivity index (χ3v) is 0.944. The molecule has 0 aliphatic heterocycles. The monoisotopic (exact) mass is 125 g/mol. The highest BCUT2D eigenvalue weighted by atomic mass is 19.1. The Morgan fingerprint density at radius 1 is 1.78 bits per heavy atom. The Bertz CT molecular complexity index is 200. The Balaban J connectivity index is 3.01. The van der Waals surface area contributed by atoms with Gasteiger partial charge in [0, 0.05) is 7.05 Å². The molecule has 0 aliphatic rings. The number of halogens is 1. The van der Waals surface area contributed by atoms with E-state index in [1.54, 1.807) is 7.05 Å². The molecule has 1 rings (SSSR count). The van der Waals surface area contributed by atoms with Crippen LogP contribution in [0.3, 0.4) is 0 Å². The molecule has 0 saturated carbocycles. The van der Waals surface area contributed by atoms with Crippen LogP contribution in [-0.2, 0) is 0 Å². The van der Waals surface area contributed by atoms with Crippen LogP contribution < -0.4 is 5.32 Å². The maximum absolute atomic E-state index is 12.4. The van der Waals surface area contributed by atoms with E-state index in [2.05, 4.69) is 16.5 Å². The SMILES string of the molecule is CNc1n[c]ccc1F. The maximum Gasteiger partial charge on any atom is 0.165 e. The lowest BCUT2D eigenvalue weighted by molar-refractivity contribution is 0.625. The van der Waals surface area contributed by atoms with Crippen molar-refractivity contribution in [1.29, 1.82) is 0 Å². The fraction of sp³-hybridized carbons (Fsp3) is 0.167. The van der Waals surface area contributed by atoms with Gasteiger partial charge in [0.15, 0.2) is 11.6 Å². The van der Waals surface area contributed by atoms with E-state index in [1.807, 2.05) is 0 Å². The zero-order chi connectivity index (χ0) is 6.69. The Hall–Kier alpha value is -1.12. The lowest BCUT2D eigenvalue weighted by Crippen LogP contribution is -1.94. The lowest BCUT2D eigenvalue weighted by Gasteiger charge is -1.96. The average Bonchev–Trinajstić information content (AvgIpc) is 1.89. The van der Waals surface area contributed by atoms with Gasteiger partial charge in [0.2, 0.25) is 0 Å². The molecule has 0 fully saturated rings. The number of rotatable bonds is 1. The van der Waals surface area contributed by atoms with Gasteiger partial charge in [0.25, 0.3) is 0 Å². The summed E-state index contributed by atoms with van der Waals surface area (Å²) in [7, 11) is 1.61. The highest BCUT2D eigenvalue weighted by Gasteiger charge is 1.95. The Morgan fingerprint density at radius 2 is 2.56 bits per heavy atom. The molecule has 0 unspecified atom stereocenters. The molecule has 0 amide bonds. The second kappa shape index (κ2) is 2.44. The van der Waals surface area contributed by atoms with Gasteiger partial charge in [-0.1, -0.05) is 0 Å². The van der Waals surface area contributed by atoms with Crippen molar-refractivity contribution < 1.29 is 4.39 Å². The van der Waals surface area contributed by atoms with E-state index in [-0.39, 0.29) is 11.6 Å². The van der Waals surface area contributed by atoms with Gasteiger partial charge < -0.3 is 5.32 Å². The molecule has 1 heterocycles. The minimum absolute atomic E-state index is 0.234. The molecule has 0 aromatic carbocycles. The van der Waals surface area contributed by atoms with Crippen molar-refractivity contribution in [3.05, 3.63) is 24.1 Å². The van der Waals surface area contributed by atoms with Gasteiger partial charge in [-0.05, 0) is 12.1 Å². The van der Waals surface area contributed by atoms with E-state index in [1.165, 1.54) is 12.1 Å². The van der Waals surface area contributed by atoms with Crippen LogP contribution in [0, 0.1) is 12.0 Å². The van der Waals surface area contributed by atoms with Gasteiger partial charge in [-0.3, -0.25) is 0 Å². The standard InChI is InChI=1S/C6H6FN2/c1-8-6-5(7)3-2-4-9-6/h2-3H,1H3,(H,8,9). The highest BCUT2D eigenvalue weighted by molar-refractivity contribution is 5.33. The van der Waals surface area contributed by atoms with Gasteiger partial charge >= 0.3 is 0 Å². The Kier molecular flexibility index (Phi) is 1.63. The van der Waals surface area contributed by atoms with Gasteiger partial charge in [-0.2, -0.15) is 0 Å². The number of pyridine rings is 1. The summed E-state index contributed by atoms with van der Waals surface area (Å²) in [6.07, 6.45) is 2.50. The van der Waals surface area contributed by atoms with Crippen LogP contribution in [0.15, 0.2) is 12.1 Å². The summed E-state index contributed by atoms with van der Waals surface area (Å²) in [6, 6.07) is 2.73. The van der Waals surface area contributed by atoms with E-state index >= 15 is 0 Å². The quantitative estimate of drug-likeness (QED) is 0.607. The zero-order valence-corrected chi connectivity index (χ0v) is 4.98. The molecule has 2 nitrogen and oxygen atoms in total. The van der Waals surface area contributed by atoms with Crippen molar-refractivity contribution in [3.8, 4) is 0 Å². The average molecular weight is 125 g/mol. The molecule has 1 N–H and O–H groups in total. The predicted octanol–water partition coefficient (Wildman–Crippen LogP) is 1.06. The van der Waals surface area contributed by atoms with Gasteiger partial charge in [-0.25, -0.2) is 9.37 Å². The van der Waals surface area contributed by atoms with Crippen LogP contribution in [-0.4, -0.2) is 12.0 Å². The molecule has 47 valence electrons. The van der Waals surface area contributed by atoms with Crippen LogP contribution in [0.4, 0.5) is 10.2 Å². The van der Waals surface area contributed by atoms with E-state index in [0.29, 0.717) is 0 Å². The number of hydrogen-bond acceptors (Lipinski definition) is 2. The molecule has 1 aromatic rings. The van der Waals surface area contributed by atoms with Crippen molar-refractivity contribution in [2.24, 2.45) is 0 Å². The minimum atomic E-state index is -0.351. The van der Waals surface area contributed by atoms with E-state index in [9.17, 15) is 4.39 Å². The number of anilines is 1. The molecule has 0 aliphatic carbocycles. The second-order valence-electron chi connectivity index (χ2n) is 1.52. The molecular weight excluding hydrogens is 119 g/mol. The lowest BCUT2D eigenvalue weighted by atomic mass is 10.4. The third kappa shape index (κ3) is 1.16. The van der Waals surface area contributed by atoms with E-state index in [0.717, 1.165) is 0 Å². The normalized spacial score (nSPS) is 9.11. The number of nitrogens with zero attached hydrogens (tertiary/aromatic N) is 1. The number of hydrogen-bond donors (Lipinski definition) is 1. The summed E-state index contributed by atoms with van der Waals surface area (Å²) in [5.74, 6) is -0.117. The van der Waals surface area contributed by atoms with E-state index in [4.69, 9.17) is 0 Å². The summed E-state index contributed by atoms with van der Waals surface area (Å²) in [4.78, 5) is 3.59. The zero-order valence-electron chi connectivity index (χ0n) is 4.98. The first kappa shape index (κ1) is 6.01. The number of nitrogens with one attached hydrogen (secondary N) is 1. The Labute approximate surface area is 52.7 Å². The predicted molar refractivity (Wildman–Crippen MR) is 32.6 cm³/mol. The summed E-state index contributed by atoms with van der Waals surface area (Å²) in [5.41, 5.74) is 0. The van der Waals surface area contributed by atoms with Crippen molar-refractivity contribution in [2.75, 3.05) is 12.4 Å². The molecule has 0 spiro atoms. The van der Waals surface area contributed by atoms with Crippen molar-refractivity contribution in [2.45, 2.75) is 0 Å². The fourth-order valence-corrected chi connectivity index (χ4v) is 0.520. The van der Waals surface area contributed by atoms with Crippen LogP contribution in [0.1, 0.15) is 0 Å². The first-order chi connectivity index (χ1) is 4.34. The smallest absolute Gasteiger partial charge is 0.165 e. The van der Waals surface area contributed by atoms with Crippen LogP contribution >= 0.6 is 0 Å². The first-order valence-corrected chi connectivity index (χ1v) is 2.55. The minimum Gasteiger partial charge on any atom is -0.371 e. The first-order valence-electron chi connectivity index (χ1n) is 2.55. The van der Waals surface area contributed by atoms with E-state index < -0.39 is 0 Å². The molecule has 0 atom stereocenters. The van der Waals surface area contributed by atoms with Gasteiger partial charge in [0.1, 0.15) is 0 Å². The molecule has 9 heavy (non-hydrogen) atoms. The van der Waals surface area contributed by atoms with Gasteiger partial charge in [-0.15, -0.1) is 0 Å². The van der Waals surface area contributed by atoms with Crippen molar-refractivity contribution in [1.82, 2.24) is 4.98 Å². The molecule has 0 saturated heterocycles. The van der Waals surface area contributed by atoms with Crippen LogP contribution in [0.25, 0.3) is 0 Å². The van der Waals surface area contributed by atoms with Crippen LogP contribution in [0.2, 0.25) is 0 Å². The highest BCUT2D eigenvalue weighted by Crippen LogP contribution is 2.05. The summed E-state index contributed by atoms with van der Waals surface area (Å²) in [5, 5.41) is 2.58. The molecule has 1 aromatic heterocycles. The topological polar surface area (TPSA) is 24.9 Å². The van der Waals surface area contributed by atoms with Crippen molar-refractivity contribution >= 4 is 5.82 Å². The molecular formula is C6H6FN2. The fourth-order valence-electron chi connectivity index (χ4n) is 0.520. The molecule has 0 bridgehead atoms. The molecule has 1 radical (unpaired) electrons. The largest absolute Gasteiger partial charge is 0.371 e.